The zero-order valence-corrected chi connectivity index (χ0v) is 11.7. The van der Waals surface area contributed by atoms with E-state index in [1.54, 1.807) is 6.92 Å². The van der Waals surface area contributed by atoms with E-state index < -0.39 is 43.0 Å². The minimum atomic E-state index is -1.79. The van der Waals surface area contributed by atoms with Gasteiger partial charge in [-0.1, -0.05) is 6.92 Å². The number of aliphatic hydroxyl groups excluding tert-OH is 5. The van der Waals surface area contributed by atoms with E-state index in [4.69, 9.17) is 40.5 Å². The van der Waals surface area contributed by atoms with Gasteiger partial charge in [-0.15, -0.1) is 0 Å². The highest BCUT2D eigenvalue weighted by molar-refractivity contribution is 5.66. The quantitative estimate of drug-likeness (QED) is 0.252. The fraction of sp³-hybridized carbons (Fsp3) is 0.727. The van der Waals surface area contributed by atoms with Crippen molar-refractivity contribution in [2.75, 3.05) is 6.61 Å². The highest BCUT2D eigenvalue weighted by atomic mass is 16.4. The minimum Gasteiger partial charge on any atom is -0.481 e. The van der Waals surface area contributed by atoms with Crippen molar-refractivity contribution in [1.82, 2.24) is 0 Å². The number of carboxylic acid groups (broad SMARTS) is 2. The van der Waals surface area contributed by atoms with E-state index >= 15 is 0 Å². The molecule has 0 fully saturated rings. The molecule has 10 nitrogen and oxygen atoms in total. The van der Waals surface area contributed by atoms with Gasteiger partial charge in [0.25, 0.3) is 5.97 Å². The summed E-state index contributed by atoms with van der Waals surface area (Å²) >= 11 is 0. The Hall–Kier alpha value is -1.59. The highest BCUT2D eigenvalue weighted by Crippen LogP contribution is 2.02. The molecule has 10 heteroatoms. The van der Waals surface area contributed by atoms with Crippen molar-refractivity contribution < 1.29 is 50.1 Å². The molecule has 0 saturated carbocycles. The molecule has 7 N–H and O–H groups in total. The van der Waals surface area contributed by atoms with Crippen molar-refractivity contribution in [1.29, 1.82) is 0 Å². The molecule has 0 saturated heterocycles. The van der Waals surface area contributed by atoms with Gasteiger partial charge < -0.3 is 40.5 Å². The van der Waals surface area contributed by atoms with Crippen molar-refractivity contribution in [3.63, 3.8) is 0 Å². The van der Waals surface area contributed by atoms with Gasteiger partial charge in [0.15, 0.2) is 6.29 Å². The molecule has 0 aliphatic rings. The van der Waals surface area contributed by atoms with E-state index in [1.807, 2.05) is 0 Å². The third-order valence-electron chi connectivity index (χ3n) is 1.72. The predicted octanol–water partition coefficient (Wildman–Crippen LogP) is -2.81. The van der Waals surface area contributed by atoms with Gasteiger partial charge in [0.2, 0.25) is 0 Å². The van der Waals surface area contributed by atoms with Crippen LogP contribution >= 0.6 is 0 Å². The Bertz CT molecular complexity index is 289. The number of carbonyl (C=O) groups excluding carboxylic acids is 1. The molecule has 0 heterocycles. The first-order chi connectivity index (χ1) is 9.54. The first-order valence-electron chi connectivity index (χ1n) is 5.74. The van der Waals surface area contributed by atoms with Crippen LogP contribution in [0.1, 0.15) is 20.3 Å². The average Bonchev–Trinajstić information content (AvgIpc) is 2.43. The lowest BCUT2D eigenvalue weighted by atomic mass is 10.0. The molecule has 0 rings (SSSR count). The monoisotopic (exact) mass is 314 g/mol. The molecule has 0 unspecified atom stereocenters. The van der Waals surface area contributed by atoms with E-state index in [0.717, 1.165) is 6.92 Å². The van der Waals surface area contributed by atoms with Crippen LogP contribution in [0.15, 0.2) is 0 Å². The van der Waals surface area contributed by atoms with Crippen LogP contribution in [0.3, 0.4) is 0 Å². The summed E-state index contributed by atoms with van der Waals surface area (Å²) in [7, 11) is 0. The second-order valence-corrected chi connectivity index (χ2v) is 3.62. The summed E-state index contributed by atoms with van der Waals surface area (Å²) in [5, 5.41) is 58.7. The van der Waals surface area contributed by atoms with Crippen molar-refractivity contribution in [2.45, 2.75) is 44.7 Å². The van der Waals surface area contributed by atoms with Gasteiger partial charge in [-0.2, -0.15) is 0 Å². The zero-order valence-electron chi connectivity index (χ0n) is 11.7. The second kappa shape index (κ2) is 14.8. The maximum atomic E-state index is 9.90. The third kappa shape index (κ3) is 18.4. The summed E-state index contributed by atoms with van der Waals surface area (Å²) in [6.45, 7) is 1.92. The molecule has 21 heavy (non-hydrogen) atoms. The molecule has 0 aliphatic heterocycles. The van der Waals surface area contributed by atoms with Crippen LogP contribution in [0.4, 0.5) is 0 Å². The van der Waals surface area contributed by atoms with Crippen molar-refractivity contribution in [2.24, 2.45) is 0 Å². The normalized spacial score (nSPS) is 15.0. The highest BCUT2D eigenvalue weighted by Gasteiger charge is 2.29. The number of rotatable bonds is 6. The Morgan fingerprint density at radius 3 is 1.57 bits per heavy atom. The Kier molecular flexibility index (Phi) is 17.2. The van der Waals surface area contributed by atoms with Crippen LogP contribution in [0.25, 0.3) is 0 Å². The van der Waals surface area contributed by atoms with Crippen LogP contribution in [-0.2, 0) is 14.4 Å². The largest absolute Gasteiger partial charge is 0.481 e. The lowest BCUT2D eigenvalue weighted by Crippen LogP contribution is -2.46. The zero-order chi connectivity index (χ0) is 17.6. The fourth-order valence-electron chi connectivity index (χ4n) is 0.618. The Morgan fingerprint density at radius 1 is 1.05 bits per heavy atom. The first kappa shape index (κ1) is 24.4. The summed E-state index contributed by atoms with van der Waals surface area (Å²) in [5.74, 6) is -1.58. The lowest BCUT2D eigenvalue weighted by Gasteiger charge is -2.22. The van der Waals surface area contributed by atoms with E-state index in [0.29, 0.717) is 0 Å². The Balaban J connectivity index is -0.000000297. The number of aldehydes is 1. The summed E-state index contributed by atoms with van der Waals surface area (Å²) in [5.41, 5.74) is 0. The topological polar surface area (TPSA) is 193 Å². The molecule has 126 valence electrons. The maximum Gasteiger partial charge on any atom is 0.303 e. The molecule has 4 atom stereocenters. The SMILES string of the molecule is CC(=O)O.CCC(=O)O.O=C[C@H](O)[C@@H](O)[C@H](O)[C@H](O)CO. The van der Waals surface area contributed by atoms with Gasteiger partial charge in [0.05, 0.1) is 6.61 Å². The van der Waals surface area contributed by atoms with Gasteiger partial charge in [-0.3, -0.25) is 9.59 Å². The van der Waals surface area contributed by atoms with E-state index in [9.17, 15) is 9.59 Å². The number of hydrogen-bond acceptors (Lipinski definition) is 8. The summed E-state index contributed by atoms with van der Waals surface area (Å²) in [6, 6.07) is 0. The molecule has 0 bridgehead atoms. The van der Waals surface area contributed by atoms with Crippen molar-refractivity contribution in [3.8, 4) is 0 Å². The van der Waals surface area contributed by atoms with Crippen LogP contribution in [-0.4, -0.2) is 85.0 Å². The standard InChI is InChI=1S/C6H12O6.C3H6O2.C2H4O2/c7-1-3(9)5(11)6(12)4(10)2-8;1-2-3(4)5;1-2(3)4/h1,3-6,8-12H,2H2;2H2,1H3,(H,4,5);1H3,(H,3,4)/t3-,4+,5+,6+;;/m0../s1. The van der Waals surface area contributed by atoms with Crippen LogP contribution in [0, 0.1) is 0 Å². The van der Waals surface area contributed by atoms with E-state index in [-0.39, 0.29) is 12.7 Å². The molecular formula is C11H22O10. The Morgan fingerprint density at radius 2 is 1.38 bits per heavy atom. The second-order valence-electron chi connectivity index (χ2n) is 3.62. The third-order valence-corrected chi connectivity index (χ3v) is 1.72. The molecule has 0 aromatic rings. The molecule has 0 amide bonds. The smallest absolute Gasteiger partial charge is 0.303 e. The number of hydrogen-bond donors (Lipinski definition) is 7. The lowest BCUT2D eigenvalue weighted by molar-refractivity contribution is -0.137. The molecule has 0 radical (unpaired) electrons. The fourth-order valence-corrected chi connectivity index (χ4v) is 0.618. The predicted molar refractivity (Wildman–Crippen MR) is 68.4 cm³/mol. The Labute approximate surface area is 120 Å². The molecule has 0 aromatic heterocycles. The van der Waals surface area contributed by atoms with Gasteiger partial charge in [0, 0.05) is 13.3 Å². The minimum absolute atomic E-state index is 0.0258. The summed E-state index contributed by atoms with van der Waals surface area (Å²) in [4.78, 5) is 28.3. The summed E-state index contributed by atoms with van der Waals surface area (Å²) < 4.78 is 0. The molecule has 0 aromatic carbocycles. The van der Waals surface area contributed by atoms with Crippen molar-refractivity contribution in [3.05, 3.63) is 0 Å². The van der Waals surface area contributed by atoms with Gasteiger partial charge in [0.1, 0.15) is 24.4 Å². The number of aliphatic carboxylic acids is 2. The van der Waals surface area contributed by atoms with Gasteiger partial charge in [-0.05, 0) is 0 Å². The molecule has 0 spiro atoms. The number of carboxylic acids is 2. The molecular weight excluding hydrogens is 292 g/mol. The van der Waals surface area contributed by atoms with E-state index in [2.05, 4.69) is 0 Å². The van der Waals surface area contributed by atoms with Crippen molar-refractivity contribution >= 4 is 18.2 Å². The van der Waals surface area contributed by atoms with Gasteiger partial charge in [-0.25, -0.2) is 0 Å². The van der Waals surface area contributed by atoms with Crippen LogP contribution in [0.5, 0.6) is 0 Å². The van der Waals surface area contributed by atoms with E-state index in [1.165, 1.54) is 0 Å². The van der Waals surface area contributed by atoms with Crippen LogP contribution < -0.4 is 0 Å². The van der Waals surface area contributed by atoms with Crippen LogP contribution in [0.2, 0.25) is 0 Å². The number of aliphatic hydroxyl groups is 5. The summed E-state index contributed by atoms with van der Waals surface area (Å²) in [6.07, 6.45) is -6.62. The number of carbonyl (C=O) groups is 3. The first-order valence-corrected chi connectivity index (χ1v) is 5.74. The maximum absolute atomic E-state index is 9.90. The van der Waals surface area contributed by atoms with Gasteiger partial charge >= 0.3 is 5.97 Å². The average molecular weight is 314 g/mol. The molecule has 0 aliphatic carbocycles.